The standard InChI is InChI=1S/C6H6N2O2/c9-7-8(10)6-4-2-1-3-5-6/h1-5,9H. The van der Waals surface area contributed by atoms with Gasteiger partial charge < -0.3 is 10.4 Å². The Balaban J connectivity index is 2.96. The van der Waals surface area contributed by atoms with Crippen molar-refractivity contribution >= 4 is 5.69 Å². The molecule has 0 atom stereocenters. The van der Waals surface area contributed by atoms with Crippen LogP contribution in [0.5, 0.6) is 0 Å². The predicted molar refractivity (Wildman–Crippen MR) is 33.9 cm³/mol. The molecule has 0 aliphatic carbocycles. The minimum Gasteiger partial charge on any atom is -0.592 e. The molecule has 10 heavy (non-hydrogen) atoms. The van der Waals surface area contributed by atoms with E-state index in [2.05, 4.69) is 5.28 Å². The lowest BCUT2D eigenvalue weighted by Gasteiger charge is -1.93. The van der Waals surface area contributed by atoms with Gasteiger partial charge in [0.25, 0.3) is 0 Å². The van der Waals surface area contributed by atoms with E-state index in [0.29, 0.717) is 5.69 Å². The van der Waals surface area contributed by atoms with Crippen molar-refractivity contribution in [3.05, 3.63) is 35.5 Å². The van der Waals surface area contributed by atoms with Crippen molar-refractivity contribution in [2.24, 2.45) is 5.28 Å². The summed E-state index contributed by atoms with van der Waals surface area (Å²) in [4.78, 5) is 0.139. The molecule has 0 aliphatic rings. The molecule has 4 heteroatoms. The molecule has 0 heterocycles. The van der Waals surface area contributed by atoms with E-state index in [-0.39, 0.29) is 4.86 Å². The molecular weight excluding hydrogens is 132 g/mol. The second-order valence-corrected chi connectivity index (χ2v) is 1.70. The second kappa shape index (κ2) is 2.82. The lowest BCUT2D eigenvalue weighted by molar-refractivity contribution is -0.473. The van der Waals surface area contributed by atoms with E-state index in [1.54, 1.807) is 30.3 Å². The van der Waals surface area contributed by atoms with Crippen LogP contribution in [0.15, 0.2) is 35.6 Å². The van der Waals surface area contributed by atoms with Crippen molar-refractivity contribution in [2.45, 2.75) is 0 Å². The quantitative estimate of drug-likeness (QED) is 0.364. The number of hydrogen-bond donors (Lipinski definition) is 1. The smallest absolute Gasteiger partial charge is 0.248 e. The number of benzene rings is 1. The summed E-state index contributed by atoms with van der Waals surface area (Å²) in [6, 6.07) is 8.24. The van der Waals surface area contributed by atoms with E-state index in [1.165, 1.54) is 0 Å². The molecule has 0 bridgehead atoms. The van der Waals surface area contributed by atoms with Gasteiger partial charge in [-0.25, -0.2) is 0 Å². The molecule has 0 fully saturated rings. The van der Waals surface area contributed by atoms with Crippen LogP contribution in [0.2, 0.25) is 0 Å². The van der Waals surface area contributed by atoms with Gasteiger partial charge >= 0.3 is 0 Å². The summed E-state index contributed by atoms with van der Waals surface area (Å²) in [5.41, 5.74) is 0.310. The lowest BCUT2D eigenvalue weighted by atomic mass is 10.3. The Labute approximate surface area is 57.6 Å². The third kappa shape index (κ3) is 1.22. The zero-order valence-electron chi connectivity index (χ0n) is 5.14. The Hall–Kier alpha value is -1.58. The highest BCUT2D eigenvalue weighted by atomic mass is 16.6. The number of hydrogen-bond acceptors (Lipinski definition) is 2. The van der Waals surface area contributed by atoms with Crippen LogP contribution in [0.1, 0.15) is 0 Å². The van der Waals surface area contributed by atoms with Gasteiger partial charge in [-0.15, -0.1) is 0 Å². The molecule has 1 aromatic carbocycles. The van der Waals surface area contributed by atoms with E-state index in [0.717, 1.165) is 0 Å². The first-order valence-electron chi connectivity index (χ1n) is 2.72. The highest BCUT2D eigenvalue weighted by Gasteiger charge is 1.98. The maximum atomic E-state index is 10.5. The fourth-order valence-electron chi connectivity index (χ4n) is 0.607. The van der Waals surface area contributed by atoms with Gasteiger partial charge in [0.1, 0.15) is 0 Å². The maximum Gasteiger partial charge on any atom is 0.248 e. The molecule has 1 rings (SSSR count). The zero-order valence-corrected chi connectivity index (χ0v) is 5.14. The predicted octanol–water partition coefficient (Wildman–Crippen LogP) is 1.67. The van der Waals surface area contributed by atoms with Crippen molar-refractivity contribution in [3.8, 4) is 0 Å². The largest absolute Gasteiger partial charge is 0.592 e. The Morgan fingerprint density at radius 2 is 1.90 bits per heavy atom. The number of nitrogens with zero attached hydrogens (tertiary/aromatic N) is 2. The molecule has 0 radical (unpaired) electrons. The van der Waals surface area contributed by atoms with E-state index in [4.69, 9.17) is 5.21 Å². The summed E-state index contributed by atoms with van der Waals surface area (Å²) >= 11 is 0. The normalized spacial score (nSPS) is 11.4. The zero-order chi connectivity index (χ0) is 7.40. The molecule has 0 saturated carbocycles. The highest BCUT2D eigenvalue weighted by Crippen LogP contribution is 2.08. The van der Waals surface area contributed by atoms with Crippen LogP contribution in [-0.4, -0.2) is 10.1 Å². The van der Waals surface area contributed by atoms with Gasteiger partial charge in [-0.05, 0) is 4.86 Å². The third-order valence-electron chi connectivity index (χ3n) is 1.06. The SMILES string of the molecule is [O-][N+](=NO)c1ccccc1. The molecule has 52 valence electrons. The third-order valence-corrected chi connectivity index (χ3v) is 1.06. The summed E-state index contributed by atoms with van der Waals surface area (Å²) in [7, 11) is 0. The second-order valence-electron chi connectivity index (χ2n) is 1.70. The average molecular weight is 138 g/mol. The van der Waals surface area contributed by atoms with Crippen molar-refractivity contribution in [1.82, 2.24) is 0 Å². The van der Waals surface area contributed by atoms with Gasteiger partial charge in [-0.2, -0.15) is 0 Å². The summed E-state index contributed by atoms with van der Waals surface area (Å²) in [5.74, 6) is 0. The molecule has 0 aromatic heterocycles. The highest BCUT2D eigenvalue weighted by molar-refractivity contribution is 5.27. The van der Waals surface area contributed by atoms with Crippen LogP contribution in [0, 0.1) is 5.21 Å². The van der Waals surface area contributed by atoms with E-state index in [9.17, 15) is 5.21 Å². The molecule has 0 spiro atoms. The minimum atomic E-state index is 0.139. The van der Waals surface area contributed by atoms with Crippen molar-refractivity contribution < 1.29 is 10.1 Å². The number of rotatable bonds is 1. The van der Waals surface area contributed by atoms with Crippen LogP contribution < -0.4 is 0 Å². The first-order valence-corrected chi connectivity index (χ1v) is 2.72. The summed E-state index contributed by atoms with van der Waals surface area (Å²) in [5, 5.41) is 21.0. The van der Waals surface area contributed by atoms with Crippen LogP contribution in [0.3, 0.4) is 0 Å². The van der Waals surface area contributed by atoms with Crippen molar-refractivity contribution in [3.63, 3.8) is 0 Å². The van der Waals surface area contributed by atoms with Crippen LogP contribution >= 0.6 is 0 Å². The molecule has 0 saturated heterocycles. The van der Waals surface area contributed by atoms with Gasteiger partial charge in [-0.3, -0.25) is 0 Å². The summed E-state index contributed by atoms with van der Waals surface area (Å²) in [6.45, 7) is 0. The molecule has 0 unspecified atom stereocenters. The van der Waals surface area contributed by atoms with Gasteiger partial charge in [0.15, 0.2) is 0 Å². The van der Waals surface area contributed by atoms with Crippen LogP contribution in [-0.2, 0) is 0 Å². The first kappa shape index (κ1) is 6.54. The first-order chi connectivity index (χ1) is 4.84. The minimum absolute atomic E-state index is 0.139. The topological polar surface area (TPSA) is 58.7 Å². The molecular formula is C6H6N2O2. The van der Waals surface area contributed by atoms with E-state index < -0.39 is 0 Å². The number of para-hydroxylation sites is 1. The summed E-state index contributed by atoms with van der Waals surface area (Å²) in [6.07, 6.45) is 0. The van der Waals surface area contributed by atoms with Gasteiger partial charge in [-0.1, -0.05) is 18.2 Å². The van der Waals surface area contributed by atoms with E-state index >= 15 is 0 Å². The molecule has 0 amide bonds. The Bertz CT molecular complexity index is 233. The fraction of sp³-hybridized carbons (Fsp3) is 0. The molecule has 4 nitrogen and oxygen atoms in total. The Morgan fingerprint density at radius 3 is 2.40 bits per heavy atom. The van der Waals surface area contributed by atoms with Crippen LogP contribution in [0.25, 0.3) is 0 Å². The molecule has 1 N–H and O–H groups in total. The lowest BCUT2D eigenvalue weighted by Crippen LogP contribution is -1.88. The summed E-state index contributed by atoms with van der Waals surface area (Å²) < 4.78 is 0. The van der Waals surface area contributed by atoms with Crippen LogP contribution in [0.4, 0.5) is 5.69 Å². The Kier molecular flexibility index (Phi) is 1.84. The van der Waals surface area contributed by atoms with Gasteiger partial charge in [0, 0.05) is 12.1 Å². The molecule has 1 aromatic rings. The maximum absolute atomic E-state index is 10.5. The average Bonchev–Trinajstić information content (AvgIpc) is 2.05. The fourth-order valence-corrected chi connectivity index (χ4v) is 0.607. The van der Waals surface area contributed by atoms with Gasteiger partial charge in [0.05, 0.1) is 0 Å². The monoisotopic (exact) mass is 138 g/mol. The Morgan fingerprint density at radius 1 is 1.30 bits per heavy atom. The molecule has 0 aliphatic heterocycles. The van der Waals surface area contributed by atoms with E-state index in [1.807, 2.05) is 0 Å². The van der Waals surface area contributed by atoms with Crippen molar-refractivity contribution in [2.75, 3.05) is 0 Å². The van der Waals surface area contributed by atoms with Crippen molar-refractivity contribution in [1.29, 1.82) is 0 Å². The van der Waals surface area contributed by atoms with Gasteiger partial charge in [0.2, 0.25) is 11.0 Å².